The number of para-hydroxylation sites is 1. The van der Waals surface area contributed by atoms with Crippen LogP contribution in [0.3, 0.4) is 0 Å². The molecule has 5 nitrogen and oxygen atoms in total. The average molecular weight is 286 g/mol. The van der Waals surface area contributed by atoms with E-state index in [0.29, 0.717) is 6.54 Å². The predicted molar refractivity (Wildman–Crippen MR) is 74.8 cm³/mol. The van der Waals surface area contributed by atoms with Gasteiger partial charge in [-0.2, -0.15) is 0 Å². The van der Waals surface area contributed by atoms with Crippen molar-refractivity contribution in [3.05, 3.63) is 41.5 Å². The Kier molecular flexibility index (Phi) is 7.29. The highest BCUT2D eigenvalue weighted by atomic mass is 35.5. The van der Waals surface area contributed by atoms with E-state index < -0.39 is 11.9 Å². The van der Waals surface area contributed by atoms with E-state index in [2.05, 4.69) is 5.32 Å². The molecule has 104 valence electrons. The Morgan fingerprint density at radius 1 is 1.11 bits per heavy atom. The topological polar surface area (TPSA) is 86.6 Å². The molecule has 0 aliphatic carbocycles. The summed E-state index contributed by atoms with van der Waals surface area (Å²) in [7, 11) is 0. The number of halogens is 1. The minimum Gasteiger partial charge on any atom is -0.478 e. The van der Waals surface area contributed by atoms with Gasteiger partial charge in [0.2, 0.25) is 0 Å². The molecule has 0 unspecified atom stereocenters. The van der Waals surface area contributed by atoms with E-state index in [-0.39, 0.29) is 30.0 Å². The Morgan fingerprint density at radius 2 is 1.68 bits per heavy atom. The third-order valence-electron chi connectivity index (χ3n) is 2.51. The first-order valence-corrected chi connectivity index (χ1v) is 5.47. The number of hydrogen-bond donors (Lipinski definition) is 3. The first-order valence-electron chi connectivity index (χ1n) is 5.47. The quantitative estimate of drug-likeness (QED) is 0.699. The van der Waals surface area contributed by atoms with Crippen LogP contribution in [0.2, 0.25) is 0 Å². The number of nitrogens with one attached hydrogen (secondary N) is 1. The number of hydrogen-bond acceptors (Lipinski definition) is 3. The zero-order valence-electron chi connectivity index (χ0n) is 10.4. The van der Waals surface area contributed by atoms with E-state index >= 15 is 0 Å². The molecule has 0 heterocycles. The predicted octanol–water partition coefficient (Wildman–Crippen LogP) is 2.40. The number of carboxylic acid groups (broad SMARTS) is 2. The van der Waals surface area contributed by atoms with Crippen molar-refractivity contribution in [2.45, 2.75) is 13.3 Å². The summed E-state index contributed by atoms with van der Waals surface area (Å²) in [5.41, 5.74) is 0.665. The minimum absolute atomic E-state index is 0. The summed E-state index contributed by atoms with van der Waals surface area (Å²) >= 11 is 0. The highest BCUT2D eigenvalue weighted by Crippen LogP contribution is 2.11. The van der Waals surface area contributed by atoms with Crippen molar-refractivity contribution >= 4 is 30.0 Å². The molecule has 1 aromatic carbocycles. The monoisotopic (exact) mass is 285 g/mol. The molecule has 0 aliphatic heterocycles. The zero-order valence-corrected chi connectivity index (χ0v) is 11.2. The number of benzene rings is 1. The molecule has 19 heavy (non-hydrogen) atoms. The second-order valence-electron chi connectivity index (χ2n) is 3.76. The van der Waals surface area contributed by atoms with Crippen LogP contribution in [0.15, 0.2) is 41.5 Å². The molecular formula is C13H16ClNO4. The van der Waals surface area contributed by atoms with Crippen molar-refractivity contribution in [1.29, 1.82) is 0 Å². The third kappa shape index (κ3) is 5.44. The van der Waals surface area contributed by atoms with Crippen LogP contribution in [0.5, 0.6) is 0 Å². The molecule has 1 rings (SSSR count). The molecule has 0 saturated heterocycles. The molecular weight excluding hydrogens is 270 g/mol. The SMILES string of the molecule is C/C(C(=O)O)=C(/CCNc1ccccc1)C(=O)O.Cl. The lowest BCUT2D eigenvalue weighted by Crippen LogP contribution is -2.13. The summed E-state index contributed by atoms with van der Waals surface area (Å²) in [6.07, 6.45) is 0.155. The van der Waals surface area contributed by atoms with Gasteiger partial charge in [0.1, 0.15) is 0 Å². The number of anilines is 1. The Hall–Kier alpha value is -2.01. The Bertz CT molecular complexity index is 471. The van der Waals surface area contributed by atoms with Gasteiger partial charge in [-0.25, -0.2) is 9.59 Å². The van der Waals surface area contributed by atoms with Crippen LogP contribution in [0.1, 0.15) is 13.3 Å². The second kappa shape index (κ2) is 8.16. The summed E-state index contributed by atoms with van der Waals surface area (Å²) in [5, 5.41) is 20.8. The van der Waals surface area contributed by atoms with E-state index in [1.165, 1.54) is 6.92 Å². The minimum atomic E-state index is -1.20. The summed E-state index contributed by atoms with van der Waals surface area (Å²) in [4.78, 5) is 21.7. The van der Waals surface area contributed by atoms with Gasteiger partial charge in [0.05, 0.1) is 0 Å². The van der Waals surface area contributed by atoms with Gasteiger partial charge in [0.25, 0.3) is 0 Å². The molecule has 1 aromatic rings. The van der Waals surface area contributed by atoms with Crippen molar-refractivity contribution < 1.29 is 19.8 Å². The van der Waals surface area contributed by atoms with Crippen molar-refractivity contribution in [2.75, 3.05) is 11.9 Å². The van der Waals surface area contributed by atoms with E-state index in [1.807, 2.05) is 30.3 Å². The first kappa shape index (κ1) is 17.0. The van der Waals surface area contributed by atoms with Gasteiger partial charge < -0.3 is 15.5 Å². The van der Waals surface area contributed by atoms with Crippen LogP contribution in [-0.4, -0.2) is 28.7 Å². The second-order valence-corrected chi connectivity index (χ2v) is 3.76. The number of rotatable bonds is 6. The van der Waals surface area contributed by atoms with Gasteiger partial charge in [0.15, 0.2) is 0 Å². The fraction of sp³-hybridized carbons (Fsp3) is 0.231. The Balaban J connectivity index is 0.00000324. The van der Waals surface area contributed by atoms with Crippen LogP contribution < -0.4 is 5.32 Å². The smallest absolute Gasteiger partial charge is 0.332 e. The molecule has 0 fully saturated rings. The van der Waals surface area contributed by atoms with Crippen LogP contribution in [-0.2, 0) is 9.59 Å². The van der Waals surface area contributed by atoms with Crippen LogP contribution >= 0.6 is 12.4 Å². The molecule has 0 aromatic heterocycles. The summed E-state index contributed by atoms with van der Waals surface area (Å²) in [6.45, 7) is 1.67. The van der Waals surface area contributed by atoms with Crippen LogP contribution in [0.25, 0.3) is 0 Å². The highest BCUT2D eigenvalue weighted by molar-refractivity contribution is 5.98. The molecule has 0 saturated carbocycles. The maximum atomic E-state index is 10.9. The van der Waals surface area contributed by atoms with Crippen LogP contribution in [0.4, 0.5) is 5.69 Å². The largest absolute Gasteiger partial charge is 0.478 e. The Morgan fingerprint density at radius 3 is 2.16 bits per heavy atom. The fourth-order valence-electron chi connectivity index (χ4n) is 1.47. The highest BCUT2D eigenvalue weighted by Gasteiger charge is 2.15. The fourth-order valence-corrected chi connectivity index (χ4v) is 1.47. The van der Waals surface area contributed by atoms with Gasteiger partial charge in [-0.15, -0.1) is 12.4 Å². The van der Waals surface area contributed by atoms with Crippen molar-refractivity contribution in [2.24, 2.45) is 0 Å². The molecule has 0 spiro atoms. The van der Waals surface area contributed by atoms with E-state index in [4.69, 9.17) is 10.2 Å². The number of carboxylic acids is 2. The summed E-state index contributed by atoms with van der Waals surface area (Å²) in [5.74, 6) is -2.39. The lowest BCUT2D eigenvalue weighted by molar-refractivity contribution is -0.136. The van der Waals surface area contributed by atoms with Crippen molar-refractivity contribution in [3.8, 4) is 0 Å². The van der Waals surface area contributed by atoms with Crippen molar-refractivity contribution in [3.63, 3.8) is 0 Å². The average Bonchev–Trinajstić information content (AvgIpc) is 2.34. The normalized spacial score (nSPS) is 11.0. The summed E-state index contributed by atoms with van der Waals surface area (Å²) < 4.78 is 0. The van der Waals surface area contributed by atoms with Crippen molar-refractivity contribution in [1.82, 2.24) is 0 Å². The molecule has 0 amide bonds. The third-order valence-corrected chi connectivity index (χ3v) is 2.51. The van der Waals surface area contributed by atoms with Gasteiger partial charge >= 0.3 is 11.9 Å². The lowest BCUT2D eigenvalue weighted by Gasteiger charge is -2.08. The number of aliphatic carboxylic acids is 2. The molecule has 0 aliphatic rings. The van der Waals surface area contributed by atoms with E-state index in [1.54, 1.807) is 0 Å². The molecule has 3 N–H and O–H groups in total. The van der Waals surface area contributed by atoms with Gasteiger partial charge in [-0.1, -0.05) is 18.2 Å². The van der Waals surface area contributed by atoms with E-state index in [0.717, 1.165) is 5.69 Å². The maximum absolute atomic E-state index is 10.9. The lowest BCUT2D eigenvalue weighted by atomic mass is 10.1. The first-order chi connectivity index (χ1) is 8.52. The van der Waals surface area contributed by atoms with Gasteiger partial charge in [-0.05, 0) is 25.5 Å². The van der Waals surface area contributed by atoms with Crippen LogP contribution in [0, 0.1) is 0 Å². The van der Waals surface area contributed by atoms with Gasteiger partial charge in [0, 0.05) is 23.4 Å². The summed E-state index contributed by atoms with van der Waals surface area (Å²) in [6, 6.07) is 9.31. The standard InChI is InChI=1S/C13H15NO4.ClH/c1-9(12(15)16)11(13(17)18)7-8-14-10-5-3-2-4-6-10;/h2-6,14H,7-8H2,1H3,(H,15,16)(H,17,18);1H/b11-9+;. The molecule has 0 radical (unpaired) electrons. The Labute approximate surface area is 117 Å². The molecule has 0 atom stereocenters. The number of carbonyl (C=O) groups is 2. The molecule has 6 heteroatoms. The molecule has 0 bridgehead atoms. The van der Waals surface area contributed by atoms with Gasteiger partial charge in [-0.3, -0.25) is 0 Å². The van der Waals surface area contributed by atoms with E-state index in [9.17, 15) is 9.59 Å². The zero-order chi connectivity index (χ0) is 13.5. The maximum Gasteiger partial charge on any atom is 0.332 e.